The molecule has 3 rings (SSSR count). The van der Waals surface area contributed by atoms with Gasteiger partial charge in [-0.3, -0.25) is 9.59 Å². The molecule has 2 N–H and O–H groups in total. The fourth-order valence-corrected chi connectivity index (χ4v) is 2.75. The maximum Gasteiger partial charge on any atom is 0.321 e. The summed E-state index contributed by atoms with van der Waals surface area (Å²) in [5.74, 6) is -0.0402. The van der Waals surface area contributed by atoms with Crippen molar-refractivity contribution in [3.05, 3.63) is 48.4 Å². The number of rotatable bonds is 3. The van der Waals surface area contributed by atoms with Crippen molar-refractivity contribution in [2.24, 2.45) is 0 Å². The summed E-state index contributed by atoms with van der Waals surface area (Å²) in [5.41, 5.74) is 1.21. The van der Waals surface area contributed by atoms with E-state index in [0.29, 0.717) is 43.3 Å². The van der Waals surface area contributed by atoms with Gasteiger partial charge in [-0.25, -0.2) is 4.79 Å². The van der Waals surface area contributed by atoms with Crippen molar-refractivity contribution in [1.82, 2.24) is 9.80 Å². The van der Waals surface area contributed by atoms with Gasteiger partial charge in [0.05, 0.1) is 6.26 Å². The van der Waals surface area contributed by atoms with E-state index in [0.717, 1.165) is 0 Å². The number of hydrogen-bond acceptors (Lipinski definition) is 4. The van der Waals surface area contributed by atoms with Crippen LogP contribution in [0.3, 0.4) is 0 Å². The first kappa shape index (κ1) is 17.5. The monoisotopic (exact) mass is 356 g/mol. The number of urea groups is 1. The Balaban J connectivity index is 1.54. The molecule has 0 bridgehead atoms. The number of piperazine rings is 1. The summed E-state index contributed by atoms with van der Waals surface area (Å²) in [5, 5.41) is 5.48. The highest BCUT2D eigenvalue weighted by atomic mass is 16.3. The second-order valence-corrected chi connectivity index (χ2v) is 5.95. The molecule has 136 valence electrons. The SMILES string of the molecule is CC(=O)Nc1cccc(NC(=O)N2CCN(C(=O)c3ccco3)CC2)c1. The maximum atomic E-state index is 12.4. The van der Waals surface area contributed by atoms with Gasteiger partial charge >= 0.3 is 6.03 Å². The van der Waals surface area contributed by atoms with Crippen molar-refractivity contribution in [1.29, 1.82) is 0 Å². The predicted molar refractivity (Wildman–Crippen MR) is 95.9 cm³/mol. The summed E-state index contributed by atoms with van der Waals surface area (Å²) in [4.78, 5) is 39.1. The summed E-state index contributed by atoms with van der Waals surface area (Å²) in [7, 11) is 0. The molecule has 1 aromatic carbocycles. The molecule has 1 aliphatic rings. The second kappa shape index (κ2) is 7.73. The fourth-order valence-electron chi connectivity index (χ4n) is 2.75. The average molecular weight is 356 g/mol. The minimum Gasteiger partial charge on any atom is -0.459 e. The van der Waals surface area contributed by atoms with Crippen molar-refractivity contribution in [2.45, 2.75) is 6.92 Å². The molecule has 0 atom stereocenters. The Bertz CT molecular complexity index is 795. The van der Waals surface area contributed by atoms with Crippen molar-refractivity contribution in [3.8, 4) is 0 Å². The highest BCUT2D eigenvalue weighted by Crippen LogP contribution is 2.16. The number of carbonyl (C=O) groups excluding carboxylic acids is 3. The molecule has 0 unspecified atom stereocenters. The number of benzene rings is 1. The fraction of sp³-hybridized carbons (Fsp3) is 0.278. The van der Waals surface area contributed by atoms with Gasteiger partial charge in [-0.1, -0.05) is 6.07 Å². The summed E-state index contributed by atoms with van der Waals surface area (Å²) < 4.78 is 5.13. The van der Waals surface area contributed by atoms with Crippen molar-refractivity contribution >= 4 is 29.2 Å². The van der Waals surface area contributed by atoms with Crippen LogP contribution in [0, 0.1) is 0 Å². The maximum absolute atomic E-state index is 12.4. The molecule has 2 heterocycles. The van der Waals surface area contributed by atoms with Crippen LogP contribution in [0.4, 0.5) is 16.2 Å². The lowest BCUT2D eigenvalue weighted by molar-refractivity contribution is -0.114. The number of nitrogens with zero attached hydrogens (tertiary/aromatic N) is 2. The first-order valence-electron chi connectivity index (χ1n) is 8.29. The smallest absolute Gasteiger partial charge is 0.321 e. The molecule has 0 spiro atoms. The van der Waals surface area contributed by atoms with E-state index in [2.05, 4.69) is 10.6 Å². The van der Waals surface area contributed by atoms with Gasteiger partial charge in [0.2, 0.25) is 5.91 Å². The molecule has 8 nitrogen and oxygen atoms in total. The quantitative estimate of drug-likeness (QED) is 0.882. The number of nitrogens with one attached hydrogen (secondary N) is 2. The van der Waals surface area contributed by atoms with E-state index in [1.165, 1.54) is 13.2 Å². The topological polar surface area (TPSA) is 94.9 Å². The Morgan fingerprint density at radius 3 is 2.19 bits per heavy atom. The zero-order chi connectivity index (χ0) is 18.5. The Kier molecular flexibility index (Phi) is 5.21. The van der Waals surface area contributed by atoms with Crippen LogP contribution in [-0.2, 0) is 4.79 Å². The van der Waals surface area contributed by atoms with Crippen LogP contribution in [-0.4, -0.2) is 53.8 Å². The zero-order valence-corrected chi connectivity index (χ0v) is 14.4. The summed E-state index contributed by atoms with van der Waals surface area (Å²) in [6, 6.07) is 10.00. The molecular weight excluding hydrogens is 336 g/mol. The minimum absolute atomic E-state index is 0.168. The van der Waals surface area contributed by atoms with Crippen LogP contribution >= 0.6 is 0 Å². The predicted octanol–water partition coefficient (Wildman–Crippen LogP) is 2.23. The Labute approximate surface area is 150 Å². The Morgan fingerprint density at radius 1 is 0.923 bits per heavy atom. The molecule has 1 aliphatic heterocycles. The normalized spacial score (nSPS) is 14.0. The summed E-state index contributed by atoms with van der Waals surface area (Å²) >= 11 is 0. The molecule has 1 aromatic heterocycles. The van der Waals surface area contributed by atoms with E-state index in [9.17, 15) is 14.4 Å². The lowest BCUT2D eigenvalue weighted by Gasteiger charge is -2.34. The summed E-state index contributed by atoms with van der Waals surface area (Å²) in [6.07, 6.45) is 1.46. The third kappa shape index (κ3) is 4.21. The number of furan rings is 1. The van der Waals surface area contributed by atoms with E-state index in [1.807, 2.05) is 0 Å². The van der Waals surface area contributed by atoms with Crippen molar-refractivity contribution in [2.75, 3.05) is 36.8 Å². The van der Waals surface area contributed by atoms with Gasteiger partial charge in [0.25, 0.3) is 5.91 Å². The van der Waals surface area contributed by atoms with Crippen LogP contribution in [0.2, 0.25) is 0 Å². The van der Waals surface area contributed by atoms with Gasteiger partial charge in [-0.2, -0.15) is 0 Å². The molecule has 0 saturated carbocycles. The number of amides is 4. The van der Waals surface area contributed by atoms with Gasteiger partial charge in [-0.05, 0) is 30.3 Å². The molecule has 26 heavy (non-hydrogen) atoms. The largest absolute Gasteiger partial charge is 0.459 e. The molecular formula is C18H20N4O4. The molecule has 1 fully saturated rings. The van der Waals surface area contributed by atoms with E-state index in [4.69, 9.17) is 4.42 Å². The molecule has 2 aromatic rings. The van der Waals surface area contributed by atoms with Crippen molar-refractivity contribution in [3.63, 3.8) is 0 Å². The number of carbonyl (C=O) groups is 3. The highest BCUT2D eigenvalue weighted by Gasteiger charge is 2.26. The average Bonchev–Trinajstić information content (AvgIpc) is 3.15. The number of hydrogen-bond donors (Lipinski definition) is 2. The van der Waals surface area contributed by atoms with Crippen LogP contribution in [0.1, 0.15) is 17.5 Å². The number of anilines is 2. The Morgan fingerprint density at radius 2 is 1.58 bits per heavy atom. The lowest BCUT2D eigenvalue weighted by Crippen LogP contribution is -2.51. The summed E-state index contributed by atoms with van der Waals surface area (Å²) in [6.45, 7) is 3.18. The Hall–Kier alpha value is -3.29. The first-order valence-corrected chi connectivity index (χ1v) is 8.29. The van der Waals surface area contributed by atoms with E-state index in [-0.39, 0.29) is 17.8 Å². The van der Waals surface area contributed by atoms with Gasteiger partial charge in [-0.15, -0.1) is 0 Å². The second-order valence-electron chi connectivity index (χ2n) is 5.95. The third-order valence-corrected chi connectivity index (χ3v) is 4.02. The van der Waals surface area contributed by atoms with Gasteiger partial charge in [0.15, 0.2) is 5.76 Å². The van der Waals surface area contributed by atoms with Crippen molar-refractivity contribution < 1.29 is 18.8 Å². The van der Waals surface area contributed by atoms with Gasteiger partial charge in [0, 0.05) is 44.5 Å². The molecule has 0 aliphatic carbocycles. The molecule has 0 radical (unpaired) electrons. The van der Waals surface area contributed by atoms with Gasteiger partial charge in [0.1, 0.15) is 0 Å². The third-order valence-electron chi connectivity index (χ3n) is 4.02. The standard InChI is InChI=1S/C18H20N4O4/c1-13(23)19-14-4-2-5-15(12-14)20-18(25)22-9-7-21(8-10-22)17(24)16-6-3-11-26-16/h2-6,11-12H,7-10H2,1H3,(H,19,23)(H,20,25). The lowest BCUT2D eigenvalue weighted by atomic mass is 10.2. The molecule has 1 saturated heterocycles. The van der Waals surface area contributed by atoms with E-state index >= 15 is 0 Å². The van der Waals surface area contributed by atoms with Crippen LogP contribution in [0.15, 0.2) is 47.1 Å². The van der Waals surface area contributed by atoms with E-state index < -0.39 is 0 Å². The minimum atomic E-state index is -0.241. The zero-order valence-electron chi connectivity index (χ0n) is 14.4. The highest BCUT2D eigenvalue weighted by molar-refractivity contribution is 5.93. The molecule has 4 amide bonds. The van der Waals surface area contributed by atoms with Gasteiger partial charge < -0.3 is 24.9 Å². The van der Waals surface area contributed by atoms with E-state index in [1.54, 1.807) is 46.2 Å². The first-order chi connectivity index (χ1) is 12.5. The van der Waals surface area contributed by atoms with Crippen LogP contribution in [0.5, 0.6) is 0 Å². The van der Waals surface area contributed by atoms with Crippen LogP contribution < -0.4 is 10.6 Å². The van der Waals surface area contributed by atoms with Crippen LogP contribution in [0.25, 0.3) is 0 Å². The molecule has 8 heteroatoms.